The lowest BCUT2D eigenvalue weighted by molar-refractivity contribution is -0.384. The summed E-state index contributed by atoms with van der Waals surface area (Å²) < 4.78 is 0. The Morgan fingerprint density at radius 1 is 1.08 bits per heavy atom. The lowest BCUT2D eigenvalue weighted by Crippen LogP contribution is -2.35. The third kappa shape index (κ3) is 5.90. The maximum atomic E-state index is 12.5. The van der Waals surface area contributed by atoms with Crippen molar-refractivity contribution >= 4 is 23.4 Å². The summed E-state index contributed by atoms with van der Waals surface area (Å²) >= 11 is 1.63. The molecule has 2 rings (SSSR count). The second-order valence-corrected chi connectivity index (χ2v) is 7.23. The zero-order valence-electron chi connectivity index (χ0n) is 14.3. The summed E-state index contributed by atoms with van der Waals surface area (Å²) in [6, 6.07) is 16.3. The lowest BCUT2D eigenvalue weighted by atomic mass is 10.1. The maximum absolute atomic E-state index is 12.5. The second kappa shape index (κ2) is 9.22. The average Bonchev–Trinajstić information content (AvgIpc) is 2.61. The number of hydrogen-bond donors (Lipinski definition) is 1. The summed E-state index contributed by atoms with van der Waals surface area (Å²) in [7, 11) is 0. The van der Waals surface area contributed by atoms with E-state index >= 15 is 0 Å². The van der Waals surface area contributed by atoms with Crippen LogP contribution in [0.3, 0.4) is 0 Å². The fourth-order valence-corrected chi connectivity index (χ4v) is 3.54. The number of carbonyl (C=O) groups is 1. The van der Waals surface area contributed by atoms with Crippen LogP contribution in [-0.4, -0.2) is 16.1 Å². The van der Waals surface area contributed by atoms with Crippen molar-refractivity contribution < 1.29 is 9.72 Å². The first-order chi connectivity index (χ1) is 12.0. The standard InChI is InChI=1S/C19H22N2O3S/c1-14(2)18(25-13-16-6-4-3-5-7-16)19(22)20-12-15-8-10-17(11-9-15)21(23)24/h3-11,14,18H,12-13H2,1-2H3,(H,20,22). The van der Waals surface area contributed by atoms with Crippen LogP contribution in [0, 0.1) is 16.0 Å². The molecule has 5 nitrogen and oxygen atoms in total. The Morgan fingerprint density at radius 3 is 2.28 bits per heavy atom. The topological polar surface area (TPSA) is 72.2 Å². The molecule has 0 aliphatic rings. The van der Waals surface area contributed by atoms with Gasteiger partial charge in [0.05, 0.1) is 10.2 Å². The van der Waals surface area contributed by atoms with Crippen molar-refractivity contribution in [3.05, 3.63) is 75.8 Å². The number of rotatable bonds is 8. The number of nitrogens with one attached hydrogen (secondary N) is 1. The summed E-state index contributed by atoms with van der Waals surface area (Å²) in [5.41, 5.74) is 2.09. The molecule has 0 aliphatic heterocycles. The highest BCUT2D eigenvalue weighted by Gasteiger charge is 2.22. The van der Waals surface area contributed by atoms with Gasteiger partial charge in [0.15, 0.2) is 0 Å². The molecule has 0 aliphatic carbocycles. The van der Waals surface area contributed by atoms with Gasteiger partial charge in [0, 0.05) is 24.4 Å². The number of thioether (sulfide) groups is 1. The molecule has 1 amide bonds. The zero-order valence-corrected chi connectivity index (χ0v) is 15.2. The van der Waals surface area contributed by atoms with Gasteiger partial charge < -0.3 is 5.32 Å². The van der Waals surface area contributed by atoms with Crippen molar-refractivity contribution in [2.75, 3.05) is 0 Å². The lowest BCUT2D eigenvalue weighted by Gasteiger charge is -2.20. The number of carbonyl (C=O) groups excluding carboxylic acids is 1. The van der Waals surface area contributed by atoms with Gasteiger partial charge >= 0.3 is 0 Å². The highest BCUT2D eigenvalue weighted by molar-refractivity contribution is 7.99. The van der Waals surface area contributed by atoms with E-state index in [9.17, 15) is 14.9 Å². The van der Waals surface area contributed by atoms with E-state index in [1.54, 1.807) is 23.9 Å². The van der Waals surface area contributed by atoms with Gasteiger partial charge in [-0.3, -0.25) is 14.9 Å². The minimum absolute atomic E-state index is 0.00529. The summed E-state index contributed by atoms with van der Waals surface area (Å²) in [6.45, 7) is 4.44. The molecule has 2 aromatic carbocycles. The molecule has 132 valence electrons. The largest absolute Gasteiger partial charge is 0.351 e. The normalized spacial score (nSPS) is 12.0. The van der Waals surface area contributed by atoms with Crippen LogP contribution in [0.5, 0.6) is 0 Å². The van der Waals surface area contributed by atoms with Crippen LogP contribution < -0.4 is 5.32 Å². The van der Waals surface area contributed by atoms with Crippen molar-refractivity contribution in [3.63, 3.8) is 0 Å². The smallest absolute Gasteiger partial charge is 0.269 e. The third-order valence-electron chi connectivity index (χ3n) is 3.75. The first kappa shape index (κ1) is 19.0. The Kier molecular flexibility index (Phi) is 7.01. The van der Waals surface area contributed by atoms with E-state index in [-0.39, 0.29) is 22.8 Å². The Morgan fingerprint density at radius 2 is 1.72 bits per heavy atom. The average molecular weight is 358 g/mol. The van der Waals surface area contributed by atoms with E-state index in [0.717, 1.165) is 11.3 Å². The number of nitro groups is 1. The molecule has 0 aromatic heterocycles. The molecular weight excluding hydrogens is 336 g/mol. The molecule has 1 N–H and O–H groups in total. The molecule has 0 heterocycles. The highest BCUT2D eigenvalue weighted by atomic mass is 32.2. The van der Waals surface area contributed by atoms with E-state index in [0.29, 0.717) is 6.54 Å². The Hall–Kier alpha value is -2.34. The number of hydrogen-bond acceptors (Lipinski definition) is 4. The number of nitrogens with zero attached hydrogens (tertiary/aromatic N) is 1. The number of amides is 1. The van der Waals surface area contributed by atoms with Crippen molar-refractivity contribution in [2.45, 2.75) is 31.4 Å². The maximum Gasteiger partial charge on any atom is 0.269 e. The number of nitro benzene ring substituents is 1. The molecule has 0 saturated heterocycles. The van der Waals surface area contributed by atoms with Crippen LogP contribution in [0.1, 0.15) is 25.0 Å². The quantitative estimate of drug-likeness (QED) is 0.568. The summed E-state index contributed by atoms with van der Waals surface area (Å²) in [5.74, 6) is 0.995. The fraction of sp³-hybridized carbons (Fsp3) is 0.316. The second-order valence-electron chi connectivity index (χ2n) is 6.10. The van der Waals surface area contributed by atoms with Crippen molar-refractivity contribution in [1.29, 1.82) is 0 Å². The third-order valence-corrected chi connectivity index (χ3v) is 5.37. The van der Waals surface area contributed by atoms with Gasteiger partial charge in [-0.1, -0.05) is 56.3 Å². The van der Waals surface area contributed by atoms with E-state index in [2.05, 4.69) is 17.4 Å². The van der Waals surface area contributed by atoms with Crippen molar-refractivity contribution in [3.8, 4) is 0 Å². The minimum atomic E-state index is -0.433. The van der Waals surface area contributed by atoms with Crippen molar-refractivity contribution in [1.82, 2.24) is 5.32 Å². The van der Waals surface area contributed by atoms with Crippen LogP contribution >= 0.6 is 11.8 Å². The fourth-order valence-electron chi connectivity index (χ4n) is 2.36. The van der Waals surface area contributed by atoms with Gasteiger partial charge in [-0.2, -0.15) is 0 Å². The van der Waals surface area contributed by atoms with Gasteiger partial charge in [-0.05, 0) is 17.0 Å². The Balaban J connectivity index is 1.90. The van der Waals surface area contributed by atoms with Crippen LogP contribution in [0.2, 0.25) is 0 Å². The predicted octanol–water partition coefficient (Wildman–Crippen LogP) is 4.17. The number of non-ortho nitro benzene ring substituents is 1. The molecule has 2 aromatic rings. The SMILES string of the molecule is CC(C)C(SCc1ccccc1)C(=O)NCc1ccc([N+](=O)[O-])cc1. The molecule has 6 heteroatoms. The van der Waals surface area contributed by atoms with Gasteiger partial charge in [0.2, 0.25) is 5.91 Å². The number of benzene rings is 2. The van der Waals surface area contributed by atoms with Crippen LogP contribution in [-0.2, 0) is 17.1 Å². The molecule has 1 atom stereocenters. The molecule has 1 unspecified atom stereocenters. The Labute approximate surface area is 152 Å². The summed E-state index contributed by atoms with van der Waals surface area (Å²) in [4.78, 5) is 22.7. The van der Waals surface area contributed by atoms with E-state index < -0.39 is 4.92 Å². The zero-order chi connectivity index (χ0) is 18.2. The molecule has 0 fully saturated rings. The predicted molar refractivity (Wildman–Crippen MR) is 101 cm³/mol. The molecule has 0 spiro atoms. The van der Waals surface area contributed by atoms with Crippen LogP contribution in [0.15, 0.2) is 54.6 Å². The van der Waals surface area contributed by atoms with Crippen molar-refractivity contribution in [2.24, 2.45) is 5.92 Å². The minimum Gasteiger partial charge on any atom is -0.351 e. The van der Waals surface area contributed by atoms with E-state index in [1.165, 1.54) is 17.7 Å². The van der Waals surface area contributed by atoms with E-state index in [4.69, 9.17) is 0 Å². The monoisotopic (exact) mass is 358 g/mol. The molecule has 0 bridgehead atoms. The first-order valence-electron chi connectivity index (χ1n) is 8.14. The molecular formula is C19H22N2O3S. The van der Waals surface area contributed by atoms with Gasteiger partial charge in [-0.15, -0.1) is 11.8 Å². The molecule has 0 saturated carbocycles. The van der Waals surface area contributed by atoms with Gasteiger partial charge in [-0.25, -0.2) is 0 Å². The van der Waals surface area contributed by atoms with Crippen LogP contribution in [0.25, 0.3) is 0 Å². The molecule has 0 radical (unpaired) electrons. The summed E-state index contributed by atoms with van der Waals surface area (Å²) in [6.07, 6.45) is 0. The van der Waals surface area contributed by atoms with Gasteiger partial charge in [0.25, 0.3) is 5.69 Å². The van der Waals surface area contributed by atoms with E-state index in [1.807, 2.05) is 32.0 Å². The summed E-state index contributed by atoms with van der Waals surface area (Å²) in [5, 5.41) is 13.5. The van der Waals surface area contributed by atoms with Gasteiger partial charge in [0.1, 0.15) is 0 Å². The van der Waals surface area contributed by atoms with Crippen LogP contribution in [0.4, 0.5) is 5.69 Å². The highest BCUT2D eigenvalue weighted by Crippen LogP contribution is 2.24. The Bertz CT molecular complexity index is 702. The molecule has 25 heavy (non-hydrogen) atoms. The first-order valence-corrected chi connectivity index (χ1v) is 9.19.